The highest BCUT2D eigenvalue weighted by molar-refractivity contribution is 14.1. The molecule has 0 amide bonds. The van der Waals surface area contributed by atoms with Crippen LogP contribution in [0.1, 0.15) is 36.8 Å². The molecule has 0 radical (unpaired) electrons. The van der Waals surface area contributed by atoms with E-state index in [1.54, 1.807) is 24.3 Å². The molecule has 0 bridgehead atoms. The van der Waals surface area contributed by atoms with Crippen LogP contribution < -0.4 is 0 Å². The van der Waals surface area contributed by atoms with Crippen LogP contribution in [0.15, 0.2) is 53.4 Å². The summed E-state index contributed by atoms with van der Waals surface area (Å²) in [6, 6.07) is 14.5. The first-order chi connectivity index (χ1) is 13.2. The molecule has 2 aromatic carbocycles. The number of rotatable bonds is 9. The van der Waals surface area contributed by atoms with E-state index in [4.69, 9.17) is 8.92 Å². The molecular formula is C21H25IO5S. The molecule has 7 heteroatoms. The highest BCUT2D eigenvalue weighted by atomic mass is 127. The van der Waals surface area contributed by atoms with Crippen molar-refractivity contribution in [2.45, 2.75) is 37.5 Å². The maximum Gasteiger partial charge on any atom is 0.308 e. The van der Waals surface area contributed by atoms with Gasteiger partial charge in [0.2, 0.25) is 0 Å². The molecule has 0 aliphatic rings. The van der Waals surface area contributed by atoms with E-state index in [0.29, 0.717) is 12.8 Å². The lowest BCUT2D eigenvalue weighted by molar-refractivity contribution is -0.145. The van der Waals surface area contributed by atoms with Crippen LogP contribution in [0.4, 0.5) is 0 Å². The lowest BCUT2D eigenvalue weighted by Gasteiger charge is -2.22. The molecule has 0 N–H and O–H groups in total. The number of aryl methyl sites for hydroxylation is 1. The van der Waals surface area contributed by atoms with E-state index in [1.807, 2.05) is 38.1 Å². The fourth-order valence-electron chi connectivity index (χ4n) is 3.01. The average Bonchev–Trinajstić information content (AvgIpc) is 2.68. The van der Waals surface area contributed by atoms with Crippen molar-refractivity contribution >= 4 is 38.7 Å². The van der Waals surface area contributed by atoms with Gasteiger partial charge in [-0.15, -0.1) is 0 Å². The first-order valence-corrected chi connectivity index (χ1v) is 11.5. The van der Waals surface area contributed by atoms with Gasteiger partial charge in [-0.05, 0) is 78.1 Å². The zero-order valence-corrected chi connectivity index (χ0v) is 19.2. The Kier molecular flexibility index (Phi) is 8.45. The Hall–Kier alpha value is -1.45. The fourth-order valence-corrected chi connectivity index (χ4v) is 4.31. The Morgan fingerprint density at radius 2 is 1.68 bits per heavy atom. The van der Waals surface area contributed by atoms with E-state index in [-0.39, 0.29) is 29.3 Å². The number of carbonyl (C=O) groups is 1. The second kappa shape index (κ2) is 10.4. The van der Waals surface area contributed by atoms with Gasteiger partial charge in [-0.1, -0.05) is 36.8 Å². The van der Waals surface area contributed by atoms with Crippen molar-refractivity contribution in [3.63, 3.8) is 0 Å². The number of carbonyl (C=O) groups excluding carboxylic acids is 1. The van der Waals surface area contributed by atoms with Crippen molar-refractivity contribution in [2.24, 2.45) is 5.92 Å². The SMILES string of the molecule is COC(=O)[C@H](C)[C@@H](CCCOS(=O)(=O)c1ccc(C)cc1)c1ccc(I)cc1. The monoisotopic (exact) mass is 516 g/mol. The van der Waals surface area contributed by atoms with Crippen LogP contribution in [0.3, 0.4) is 0 Å². The molecule has 2 atom stereocenters. The van der Waals surface area contributed by atoms with Gasteiger partial charge in [-0.25, -0.2) is 0 Å². The van der Waals surface area contributed by atoms with Crippen LogP contribution >= 0.6 is 22.6 Å². The van der Waals surface area contributed by atoms with E-state index < -0.39 is 10.1 Å². The zero-order valence-electron chi connectivity index (χ0n) is 16.2. The van der Waals surface area contributed by atoms with Crippen molar-refractivity contribution < 1.29 is 22.1 Å². The Labute approximate surface area is 180 Å². The van der Waals surface area contributed by atoms with Gasteiger partial charge < -0.3 is 4.74 Å². The summed E-state index contributed by atoms with van der Waals surface area (Å²) in [6.07, 6.45) is 1.11. The second-order valence-electron chi connectivity index (χ2n) is 6.70. The Morgan fingerprint density at radius 3 is 2.25 bits per heavy atom. The van der Waals surface area contributed by atoms with Gasteiger partial charge in [0.25, 0.3) is 10.1 Å². The highest BCUT2D eigenvalue weighted by Crippen LogP contribution is 2.31. The molecule has 0 aliphatic heterocycles. The number of methoxy groups -OCH3 is 1. The molecule has 0 unspecified atom stereocenters. The van der Waals surface area contributed by atoms with Crippen LogP contribution in [-0.4, -0.2) is 28.1 Å². The maximum absolute atomic E-state index is 12.3. The predicted molar refractivity (Wildman–Crippen MR) is 117 cm³/mol. The minimum atomic E-state index is -3.78. The van der Waals surface area contributed by atoms with E-state index in [9.17, 15) is 13.2 Å². The largest absolute Gasteiger partial charge is 0.469 e. The first-order valence-electron chi connectivity index (χ1n) is 9.04. The number of ether oxygens (including phenoxy) is 1. The Morgan fingerprint density at radius 1 is 1.07 bits per heavy atom. The lowest BCUT2D eigenvalue weighted by atomic mass is 9.84. The summed E-state index contributed by atoms with van der Waals surface area (Å²) >= 11 is 2.23. The Balaban J connectivity index is 2.02. The summed E-state index contributed by atoms with van der Waals surface area (Å²) in [7, 11) is -2.40. The molecule has 0 aromatic heterocycles. The average molecular weight is 516 g/mol. The number of benzene rings is 2. The van der Waals surface area contributed by atoms with Gasteiger partial charge in [0, 0.05) is 3.57 Å². The summed E-state index contributed by atoms with van der Waals surface area (Å²) in [4.78, 5) is 12.2. The number of esters is 1. The molecule has 0 heterocycles. The second-order valence-corrected chi connectivity index (χ2v) is 9.56. The quantitative estimate of drug-likeness (QED) is 0.210. The van der Waals surface area contributed by atoms with Gasteiger partial charge in [-0.2, -0.15) is 8.42 Å². The van der Waals surface area contributed by atoms with Crippen LogP contribution in [0.25, 0.3) is 0 Å². The molecule has 0 saturated carbocycles. The van der Waals surface area contributed by atoms with Gasteiger partial charge in [0.15, 0.2) is 0 Å². The predicted octanol–water partition coefficient (Wildman–Crippen LogP) is 4.68. The number of hydrogen-bond acceptors (Lipinski definition) is 5. The van der Waals surface area contributed by atoms with Crippen LogP contribution in [0, 0.1) is 16.4 Å². The zero-order chi connectivity index (χ0) is 20.7. The molecule has 28 heavy (non-hydrogen) atoms. The van der Waals surface area contributed by atoms with Crippen molar-refractivity contribution in [2.75, 3.05) is 13.7 Å². The van der Waals surface area contributed by atoms with Crippen molar-refractivity contribution in [1.29, 1.82) is 0 Å². The fraction of sp³-hybridized carbons (Fsp3) is 0.381. The number of halogens is 1. The van der Waals surface area contributed by atoms with Gasteiger partial charge in [0.1, 0.15) is 0 Å². The third kappa shape index (κ3) is 6.28. The topological polar surface area (TPSA) is 69.7 Å². The standard InChI is InChI=1S/C21H25IO5S/c1-15-6-12-19(13-7-15)28(24,25)27-14-4-5-20(16(2)21(23)26-3)17-8-10-18(22)11-9-17/h6-13,16,20H,4-5,14H2,1-3H3/t16-,20-/m1/s1. The molecule has 0 aliphatic carbocycles. The molecule has 2 aromatic rings. The van der Waals surface area contributed by atoms with E-state index in [1.165, 1.54) is 7.11 Å². The summed E-state index contributed by atoms with van der Waals surface area (Å²) < 4.78 is 35.8. The van der Waals surface area contributed by atoms with Gasteiger partial charge in [0.05, 0.1) is 24.5 Å². The minimum Gasteiger partial charge on any atom is -0.469 e. The molecule has 0 fully saturated rings. The maximum atomic E-state index is 12.3. The first kappa shape index (κ1) is 22.8. The van der Waals surface area contributed by atoms with E-state index >= 15 is 0 Å². The summed E-state index contributed by atoms with van der Waals surface area (Å²) in [5.41, 5.74) is 2.01. The number of hydrogen-bond donors (Lipinski definition) is 0. The molecule has 0 spiro atoms. The molecule has 152 valence electrons. The van der Waals surface area contributed by atoms with Gasteiger partial charge in [-0.3, -0.25) is 8.98 Å². The summed E-state index contributed by atoms with van der Waals surface area (Å²) in [6.45, 7) is 3.79. The molecular weight excluding hydrogens is 491 g/mol. The van der Waals surface area contributed by atoms with Crippen LogP contribution in [-0.2, 0) is 23.8 Å². The third-order valence-corrected chi connectivity index (χ3v) is 6.73. The third-order valence-electron chi connectivity index (χ3n) is 4.68. The smallest absolute Gasteiger partial charge is 0.308 e. The molecule has 0 saturated heterocycles. The van der Waals surface area contributed by atoms with E-state index in [2.05, 4.69) is 22.6 Å². The van der Waals surface area contributed by atoms with Crippen molar-refractivity contribution in [3.05, 3.63) is 63.2 Å². The summed E-state index contributed by atoms with van der Waals surface area (Å²) in [5.74, 6) is -0.689. The molecule has 5 nitrogen and oxygen atoms in total. The lowest BCUT2D eigenvalue weighted by Crippen LogP contribution is -2.21. The van der Waals surface area contributed by atoms with Crippen molar-refractivity contribution in [3.8, 4) is 0 Å². The van der Waals surface area contributed by atoms with E-state index in [0.717, 1.165) is 14.7 Å². The van der Waals surface area contributed by atoms with Crippen molar-refractivity contribution in [1.82, 2.24) is 0 Å². The summed E-state index contributed by atoms with van der Waals surface area (Å²) in [5, 5.41) is 0. The van der Waals surface area contributed by atoms with Crippen LogP contribution in [0.2, 0.25) is 0 Å². The van der Waals surface area contributed by atoms with Crippen LogP contribution in [0.5, 0.6) is 0 Å². The molecule has 2 rings (SSSR count). The minimum absolute atomic E-state index is 0.0605. The highest BCUT2D eigenvalue weighted by Gasteiger charge is 2.26. The van der Waals surface area contributed by atoms with Gasteiger partial charge >= 0.3 is 5.97 Å². The Bertz CT molecular complexity index is 876. The normalized spacial score (nSPS) is 13.7.